The van der Waals surface area contributed by atoms with Gasteiger partial charge in [-0.05, 0) is 6.92 Å². The van der Waals surface area contributed by atoms with Crippen molar-refractivity contribution < 1.29 is 0 Å². The van der Waals surface area contributed by atoms with Gasteiger partial charge in [0.2, 0.25) is 5.96 Å². The van der Waals surface area contributed by atoms with Crippen molar-refractivity contribution >= 4 is 12.3 Å². The molecule has 1 rings (SSSR count). The van der Waals surface area contributed by atoms with Crippen LogP contribution in [-0.2, 0) is 0 Å². The first-order chi connectivity index (χ1) is 5.13. The van der Waals surface area contributed by atoms with Gasteiger partial charge in [-0.25, -0.2) is 20.8 Å². The summed E-state index contributed by atoms with van der Waals surface area (Å²) >= 11 is 0. The van der Waals surface area contributed by atoms with E-state index in [1.807, 2.05) is 0 Å². The van der Waals surface area contributed by atoms with E-state index in [2.05, 4.69) is 9.98 Å². The Hall–Kier alpha value is -1.56. The van der Waals surface area contributed by atoms with Crippen molar-refractivity contribution in [3.63, 3.8) is 0 Å². The molecule has 6 N–H and O–H groups in total. The summed E-state index contributed by atoms with van der Waals surface area (Å²) in [5, 5.41) is 1.13. The molecule has 6 nitrogen and oxygen atoms in total. The molecular weight excluding hydrogens is 144 g/mol. The molecule has 0 saturated carbocycles. The first-order valence-corrected chi connectivity index (χ1v) is 3.00. The Morgan fingerprint density at radius 3 is 2.73 bits per heavy atom. The third kappa shape index (κ3) is 1.30. The van der Waals surface area contributed by atoms with Crippen LogP contribution in [0.1, 0.15) is 6.92 Å². The average molecular weight is 154 g/mol. The minimum absolute atomic E-state index is 0.180. The third-order valence-electron chi connectivity index (χ3n) is 1.20. The molecule has 0 fully saturated rings. The lowest BCUT2D eigenvalue weighted by Gasteiger charge is -2.20. The van der Waals surface area contributed by atoms with E-state index in [1.165, 1.54) is 6.34 Å². The number of allylic oxidation sites excluding steroid dienone is 1. The Morgan fingerprint density at radius 1 is 1.64 bits per heavy atom. The summed E-state index contributed by atoms with van der Waals surface area (Å²) in [6.45, 7) is 1.69. The largest absolute Gasteiger partial charge is 0.399 e. The molecule has 0 saturated heterocycles. The number of aliphatic imine (C=N–C) groups is 2. The first kappa shape index (κ1) is 7.55. The Kier molecular flexibility index (Phi) is 1.77. The van der Waals surface area contributed by atoms with Crippen LogP contribution in [0.2, 0.25) is 0 Å². The molecule has 0 aromatic heterocycles. The molecule has 60 valence electrons. The van der Waals surface area contributed by atoms with Crippen molar-refractivity contribution in [3.05, 3.63) is 11.5 Å². The second-order valence-electron chi connectivity index (χ2n) is 2.11. The number of nitrogens with two attached hydrogens (primary N) is 3. The molecular formula is C5H10N6. The minimum atomic E-state index is 0.180. The first-order valence-electron chi connectivity index (χ1n) is 3.00. The van der Waals surface area contributed by atoms with Crippen molar-refractivity contribution in [1.29, 1.82) is 0 Å². The topological polar surface area (TPSA) is 106 Å². The summed E-state index contributed by atoms with van der Waals surface area (Å²) < 4.78 is 0. The molecule has 0 amide bonds. The summed E-state index contributed by atoms with van der Waals surface area (Å²) in [7, 11) is 0. The zero-order valence-electron chi connectivity index (χ0n) is 6.15. The van der Waals surface area contributed by atoms with Gasteiger partial charge in [0.1, 0.15) is 6.34 Å². The number of guanidine groups is 1. The molecule has 0 aliphatic carbocycles. The van der Waals surface area contributed by atoms with Gasteiger partial charge in [0.25, 0.3) is 0 Å². The summed E-state index contributed by atoms with van der Waals surface area (Å²) in [5.41, 5.74) is 11.3. The van der Waals surface area contributed by atoms with E-state index in [4.69, 9.17) is 17.3 Å². The fraction of sp³-hybridized carbons (Fsp3) is 0.200. The van der Waals surface area contributed by atoms with E-state index in [-0.39, 0.29) is 5.96 Å². The normalized spacial score (nSPS) is 21.6. The smallest absolute Gasteiger partial charge is 0.218 e. The summed E-state index contributed by atoms with van der Waals surface area (Å²) in [6.07, 6.45) is 1.31. The minimum Gasteiger partial charge on any atom is -0.399 e. The van der Waals surface area contributed by atoms with Crippen molar-refractivity contribution in [1.82, 2.24) is 5.01 Å². The highest BCUT2D eigenvalue weighted by Crippen LogP contribution is 2.06. The molecule has 0 bridgehead atoms. The fourth-order valence-corrected chi connectivity index (χ4v) is 0.667. The van der Waals surface area contributed by atoms with Gasteiger partial charge < -0.3 is 11.5 Å². The van der Waals surface area contributed by atoms with E-state index in [1.54, 1.807) is 6.92 Å². The summed E-state index contributed by atoms with van der Waals surface area (Å²) in [5.74, 6) is 6.06. The van der Waals surface area contributed by atoms with Crippen molar-refractivity contribution in [2.24, 2.45) is 27.3 Å². The van der Waals surface area contributed by atoms with Crippen LogP contribution in [0.5, 0.6) is 0 Å². The zero-order valence-corrected chi connectivity index (χ0v) is 6.15. The predicted molar refractivity (Wildman–Crippen MR) is 43.0 cm³/mol. The highest BCUT2D eigenvalue weighted by molar-refractivity contribution is 5.88. The number of rotatable bonds is 0. The van der Waals surface area contributed by atoms with E-state index in [0.29, 0.717) is 11.5 Å². The molecule has 0 aromatic carbocycles. The lowest BCUT2D eigenvalue weighted by atomic mass is 10.5. The molecule has 0 spiro atoms. The van der Waals surface area contributed by atoms with Gasteiger partial charge in [-0.3, -0.25) is 0 Å². The second kappa shape index (κ2) is 2.59. The van der Waals surface area contributed by atoms with E-state index in [9.17, 15) is 0 Å². The molecule has 11 heavy (non-hydrogen) atoms. The van der Waals surface area contributed by atoms with Crippen molar-refractivity contribution in [3.8, 4) is 0 Å². The standard InChI is InChI=1S/C5H10N6/c1-3(6)4-9-2-10-5(7)11(4)8/h2H,6,8H2,1H3,(H2,7,9,10)/b4-3-. The van der Waals surface area contributed by atoms with Gasteiger partial charge in [0, 0.05) is 0 Å². The second-order valence-corrected chi connectivity index (χ2v) is 2.11. The third-order valence-corrected chi connectivity index (χ3v) is 1.20. The molecule has 0 aromatic rings. The molecule has 0 unspecified atom stereocenters. The van der Waals surface area contributed by atoms with E-state index >= 15 is 0 Å². The van der Waals surface area contributed by atoms with Crippen LogP contribution in [0.15, 0.2) is 21.5 Å². The van der Waals surface area contributed by atoms with Gasteiger partial charge in [0.05, 0.1) is 5.70 Å². The highest BCUT2D eigenvalue weighted by atomic mass is 15.5. The summed E-state index contributed by atoms with van der Waals surface area (Å²) in [4.78, 5) is 7.48. The zero-order chi connectivity index (χ0) is 8.43. The van der Waals surface area contributed by atoms with Gasteiger partial charge in [-0.1, -0.05) is 0 Å². The number of nitrogens with zero attached hydrogens (tertiary/aromatic N) is 3. The van der Waals surface area contributed by atoms with Gasteiger partial charge in [-0.15, -0.1) is 0 Å². The van der Waals surface area contributed by atoms with Crippen LogP contribution < -0.4 is 17.3 Å². The quantitative estimate of drug-likeness (QED) is 0.376. The lowest BCUT2D eigenvalue weighted by molar-refractivity contribution is 0.520. The Morgan fingerprint density at radius 2 is 2.27 bits per heavy atom. The molecule has 1 heterocycles. The molecule has 0 radical (unpaired) electrons. The molecule has 1 aliphatic heterocycles. The SMILES string of the molecule is C/C(N)=C1\N=CN=C(N)N1N. The van der Waals surface area contributed by atoms with Crippen LogP contribution in [0.3, 0.4) is 0 Å². The molecule has 0 atom stereocenters. The van der Waals surface area contributed by atoms with Gasteiger partial charge in [0.15, 0.2) is 5.82 Å². The number of hydrogen-bond acceptors (Lipinski definition) is 6. The molecule has 6 heteroatoms. The van der Waals surface area contributed by atoms with Crippen LogP contribution >= 0.6 is 0 Å². The van der Waals surface area contributed by atoms with Crippen LogP contribution in [-0.4, -0.2) is 17.3 Å². The van der Waals surface area contributed by atoms with Crippen LogP contribution in [0.25, 0.3) is 0 Å². The van der Waals surface area contributed by atoms with Crippen molar-refractivity contribution in [2.45, 2.75) is 6.92 Å². The van der Waals surface area contributed by atoms with E-state index in [0.717, 1.165) is 5.01 Å². The maximum atomic E-state index is 5.45. The molecule has 1 aliphatic rings. The van der Waals surface area contributed by atoms with Gasteiger partial charge in [-0.2, -0.15) is 0 Å². The van der Waals surface area contributed by atoms with Crippen molar-refractivity contribution in [2.75, 3.05) is 0 Å². The van der Waals surface area contributed by atoms with Gasteiger partial charge >= 0.3 is 0 Å². The van der Waals surface area contributed by atoms with Crippen LogP contribution in [0.4, 0.5) is 0 Å². The monoisotopic (exact) mass is 154 g/mol. The lowest BCUT2D eigenvalue weighted by Crippen LogP contribution is -2.44. The highest BCUT2D eigenvalue weighted by Gasteiger charge is 2.12. The fourth-order valence-electron chi connectivity index (χ4n) is 0.667. The Bertz CT molecular complexity index is 246. The van der Waals surface area contributed by atoms with Crippen LogP contribution in [0, 0.1) is 0 Å². The average Bonchev–Trinajstić information content (AvgIpc) is 1.94. The maximum Gasteiger partial charge on any atom is 0.218 e. The predicted octanol–water partition coefficient (Wildman–Crippen LogP) is -1.33. The Balaban J connectivity index is 3.00. The summed E-state index contributed by atoms with van der Waals surface area (Å²) in [6, 6.07) is 0. The number of hydrogen-bond donors (Lipinski definition) is 3. The van der Waals surface area contributed by atoms with E-state index < -0.39 is 0 Å². The number of hydrazine groups is 1. The Labute approximate surface area is 64.0 Å². The maximum absolute atomic E-state index is 5.45.